The van der Waals surface area contributed by atoms with Gasteiger partial charge in [-0.3, -0.25) is 14.9 Å². The second-order valence-corrected chi connectivity index (χ2v) is 9.91. The summed E-state index contributed by atoms with van der Waals surface area (Å²) in [6.07, 6.45) is 2.77. The predicted octanol–water partition coefficient (Wildman–Crippen LogP) is 6.11. The lowest BCUT2D eigenvalue weighted by atomic mass is 10.1. The Morgan fingerprint density at radius 1 is 1.11 bits per heavy atom. The van der Waals surface area contributed by atoms with Crippen molar-refractivity contribution in [3.63, 3.8) is 0 Å². The van der Waals surface area contributed by atoms with E-state index < -0.39 is 4.92 Å². The van der Waals surface area contributed by atoms with Gasteiger partial charge < -0.3 is 20.1 Å². The normalized spacial score (nSPS) is 16.0. The fourth-order valence-corrected chi connectivity index (χ4v) is 4.92. The molecule has 1 aliphatic rings. The van der Waals surface area contributed by atoms with E-state index in [4.69, 9.17) is 9.47 Å². The van der Waals surface area contributed by atoms with Crippen LogP contribution in [0.25, 0.3) is 6.08 Å². The highest BCUT2D eigenvalue weighted by Gasteiger charge is 2.27. The predicted molar refractivity (Wildman–Crippen MR) is 145 cm³/mol. The number of non-ortho nitro benzene ring substituents is 1. The zero-order valence-electron chi connectivity index (χ0n) is 19.6. The summed E-state index contributed by atoms with van der Waals surface area (Å²) in [5, 5.41) is 17.1. The van der Waals surface area contributed by atoms with Crippen LogP contribution in [0.5, 0.6) is 11.5 Å². The highest BCUT2D eigenvalue weighted by atomic mass is 79.9. The standard InChI is InChI=1S/C26H24BrN3O5S/c1-3-16-4-8-19(9-5-16)28-26-29-25(31)24(36-26)13-18-12-22(34-2)23(14-21(18)27)35-15-17-6-10-20(11-7-17)30(32)33/h4-14,26,28H,3,15H2,1-2H3,(H,29,31)/b24-13-/t26-/m1/s1. The Morgan fingerprint density at radius 3 is 2.44 bits per heavy atom. The first-order chi connectivity index (χ1) is 17.4. The third kappa shape index (κ3) is 6.19. The zero-order chi connectivity index (χ0) is 25.7. The quantitative estimate of drug-likeness (QED) is 0.182. The van der Waals surface area contributed by atoms with Gasteiger partial charge in [-0.15, -0.1) is 0 Å². The number of nitrogens with one attached hydrogen (secondary N) is 2. The molecule has 0 aromatic heterocycles. The van der Waals surface area contributed by atoms with E-state index in [0.29, 0.717) is 16.4 Å². The average molecular weight is 570 g/mol. The molecule has 4 rings (SSSR count). The number of carbonyl (C=O) groups is 1. The van der Waals surface area contributed by atoms with Crippen LogP contribution in [0.4, 0.5) is 11.4 Å². The molecular weight excluding hydrogens is 546 g/mol. The summed E-state index contributed by atoms with van der Waals surface area (Å²) in [5.74, 6) is 0.844. The van der Waals surface area contributed by atoms with Crippen molar-refractivity contribution in [3.8, 4) is 11.5 Å². The average Bonchev–Trinajstić information content (AvgIpc) is 3.22. The number of hydrogen-bond acceptors (Lipinski definition) is 7. The van der Waals surface area contributed by atoms with Crippen LogP contribution in [0.3, 0.4) is 0 Å². The van der Waals surface area contributed by atoms with E-state index in [9.17, 15) is 14.9 Å². The molecule has 36 heavy (non-hydrogen) atoms. The molecule has 3 aromatic rings. The van der Waals surface area contributed by atoms with Crippen molar-refractivity contribution >= 4 is 51.0 Å². The van der Waals surface area contributed by atoms with Gasteiger partial charge in [-0.1, -0.05) is 46.7 Å². The molecule has 10 heteroatoms. The fourth-order valence-electron chi connectivity index (χ4n) is 3.50. The van der Waals surface area contributed by atoms with Crippen LogP contribution in [0.1, 0.15) is 23.6 Å². The highest BCUT2D eigenvalue weighted by Crippen LogP contribution is 2.37. The zero-order valence-corrected chi connectivity index (χ0v) is 22.0. The lowest BCUT2D eigenvalue weighted by molar-refractivity contribution is -0.384. The molecule has 186 valence electrons. The van der Waals surface area contributed by atoms with Crippen molar-refractivity contribution in [1.82, 2.24) is 5.32 Å². The van der Waals surface area contributed by atoms with Crippen LogP contribution >= 0.6 is 27.7 Å². The molecule has 0 saturated carbocycles. The minimum Gasteiger partial charge on any atom is -0.493 e. The van der Waals surface area contributed by atoms with Crippen molar-refractivity contribution in [2.75, 3.05) is 12.4 Å². The van der Waals surface area contributed by atoms with Gasteiger partial charge in [0, 0.05) is 22.3 Å². The molecule has 0 unspecified atom stereocenters. The first kappa shape index (κ1) is 25.6. The van der Waals surface area contributed by atoms with Crippen LogP contribution in [0.15, 0.2) is 70.0 Å². The Balaban J connectivity index is 1.45. The number of thioether (sulfide) groups is 1. The molecule has 1 amide bonds. The number of nitro groups is 1. The van der Waals surface area contributed by atoms with Crippen molar-refractivity contribution in [3.05, 3.63) is 96.8 Å². The summed E-state index contributed by atoms with van der Waals surface area (Å²) in [7, 11) is 1.54. The largest absolute Gasteiger partial charge is 0.493 e. The Bertz CT molecular complexity index is 1300. The number of nitrogens with zero attached hydrogens (tertiary/aromatic N) is 1. The molecule has 1 fully saturated rings. The Labute approximate surface area is 221 Å². The van der Waals surface area contributed by atoms with Crippen LogP contribution in [-0.4, -0.2) is 23.4 Å². The number of methoxy groups -OCH3 is 1. The van der Waals surface area contributed by atoms with Crippen LogP contribution < -0.4 is 20.1 Å². The van der Waals surface area contributed by atoms with E-state index in [0.717, 1.165) is 27.7 Å². The summed E-state index contributed by atoms with van der Waals surface area (Å²) < 4.78 is 12.1. The summed E-state index contributed by atoms with van der Waals surface area (Å²) >= 11 is 4.96. The summed E-state index contributed by atoms with van der Waals surface area (Å²) in [5.41, 5.74) is 3.48. The molecule has 1 saturated heterocycles. The van der Waals surface area contributed by atoms with Crippen molar-refractivity contribution in [2.45, 2.75) is 25.4 Å². The topological polar surface area (TPSA) is 103 Å². The molecule has 3 aromatic carbocycles. The van der Waals surface area contributed by atoms with Crippen LogP contribution in [0, 0.1) is 10.1 Å². The van der Waals surface area contributed by atoms with Crippen molar-refractivity contribution < 1.29 is 19.2 Å². The van der Waals surface area contributed by atoms with Gasteiger partial charge in [-0.25, -0.2) is 0 Å². The molecule has 2 N–H and O–H groups in total. The Morgan fingerprint density at radius 2 is 1.81 bits per heavy atom. The second kappa shape index (κ2) is 11.5. The number of halogens is 1. The monoisotopic (exact) mass is 569 g/mol. The van der Waals surface area contributed by atoms with Crippen LogP contribution in [0.2, 0.25) is 0 Å². The van der Waals surface area contributed by atoms with Crippen molar-refractivity contribution in [2.24, 2.45) is 0 Å². The molecule has 1 heterocycles. The van der Waals surface area contributed by atoms with E-state index in [1.54, 1.807) is 37.5 Å². The third-order valence-corrected chi connectivity index (χ3v) is 7.22. The molecule has 0 aliphatic carbocycles. The number of aryl methyl sites for hydroxylation is 1. The molecule has 8 nitrogen and oxygen atoms in total. The first-order valence-electron chi connectivity index (χ1n) is 11.1. The Hall–Kier alpha value is -3.50. The number of benzene rings is 3. The number of anilines is 1. The number of carbonyl (C=O) groups excluding carboxylic acids is 1. The molecule has 0 bridgehead atoms. The minimum atomic E-state index is -0.442. The number of nitro benzene ring substituents is 1. The van der Waals surface area contributed by atoms with E-state index in [2.05, 4.69) is 45.6 Å². The van der Waals surface area contributed by atoms with E-state index >= 15 is 0 Å². The lowest BCUT2D eigenvalue weighted by Gasteiger charge is -2.13. The maximum absolute atomic E-state index is 12.6. The van der Waals surface area contributed by atoms with Crippen LogP contribution in [-0.2, 0) is 17.8 Å². The summed E-state index contributed by atoms with van der Waals surface area (Å²) in [6, 6.07) is 17.9. The maximum Gasteiger partial charge on any atom is 0.269 e. The van der Waals surface area contributed by atoms with Gasteiger partial charge in [0.2, 0.25) is 0 Å². The van der Waals surface area contributed by atoms with Gasteiger partial charge in [0.25, 0.3) is 11.6 Å². The van der Waals surface area contributed by atoms with Gasteiger partial charge >= 0.3 is 0 Å². The van der Waals surface area contributed by atoms with Gasteiger partial charge in [-0.05, 0) is 65.6 Å². The van der Waals surface area contributed by atoms with E-state index in [-0.39, 0.29) is 23.7 Å². The minimum absolute atomic E-state index is 0.0251. The third-order valence-electron chi connectivity index (χ3n) is 5.50. The second-order valence-electron chi connectivity index (χ2n) is 7.91. The molecule has 1 aliphatic heterocycles. The SMILES string of the molecule is CCc1ccc(N[C@@H]2NC(=O)/C(=C/c3cc(OC)c(OCc4ccc([N+](=O)[O-])cc4)cc3Br)S2)cc1. The van der Waals surface area contributed by atoms with Gasteiger partial charge in [-0.2, -0.15) is 0 Å². The molecule has 1 atom stereocenters. The number of ether oxygens (including phenoxy) is 2. The number of amides is 1. The number of rotatable bonds is 9. The molecular formula is C26H24BrN3O5S. The van der Waals surface area contributed by atoms with Gasteiger partial charge in [0.15, 0.2) is 17.0 Å². The highest BCUT2D eigenvalue weighted by molar-refractivity contribution is 9.10. The Kier molecular flexibility index (Phi) is 8.17. The smallest absolute Gasteiger partial charge is 0.269 e. The van der Waals surface area contributed by atoms with E-state index in [1.165, 1.54) is 29.5 Å². The summed E-state index contributed by atoms with van der Waals surface area (Å²) in [6.45, 7) is 2.32. The fraction of sp³-hybridized carbons (Fsp3) is 0.192. The van der Waals surface area contributed by atoms with Gasteiger partial charge in [0.05, 0.1) is 16.9 Å². The maximum atomic E-state index is 12.6. The lowest BCUT2D eigenvalue weighted by Crippen LogP contribution is -2.30. The number of hydrogen-bond donors (Lipinski definition) is 2. The summed E-state index contributed by atoms with van der Waals surface area (Å²) in [4.78, 5) is 23.5. The van der Waals surface area contributed by atoms with E-state index in [1.807, 2.05) is 12.1 Å². The van der Waals surface area contributed by atoms with Gasteiger partial charge in [0.1, 0.15) is 6.61 Å². The first-order valence-corrected chi connectivity index (χ1v) is 12.8. The molecule has 0 spiro atoms. The molecule has 0 radical (unpaired) electrons. The van der Waals surface area contributed by atoms with Crippen molar-refractivity contribution in [1.29, 1.82) is 0 Å².